The molecule has 1 aromatic carbocycles. The van der Waals surface area contributed by atoms with Crippen molar-refractivity contribution in [3.05, 3.63) is 29.3 Å². The van der Waals surface area contributed by atoms with Crippen molar-refractivity contribution in [1.82, 2.24) is 0 Å². The van der Waals surface area contributed by atoms with Crippen LogP contribution in [0.1, 0.15) is 41.6 Å². The van der Waals surface area contributed by atoms with E-state index < -0.39 is 0 Å². The third kappa shape index (κ3) is 2.35. The molecule has 1 saturated carbocycles. The maximum atomic E-state index is 11.9. The van der Waals surface area contributed by atoms with Gasteiger partial charge in [0.1, 0.15) is 6.10 Å². The predicted molar refractivity (Wildman–Crippen MR) is 63.3 cm³/mol. The van der Waals surface area contributed by atoms with Crippen LogP contribution >= 0.6 is 0 Å². The highest BCUT2D eigenvalue weighted by atomic mass is 16.5. The number of carbonyl (C=O) groups excluding carboxylic acids is 1. The lowest BCUT2D eigenvalue weighted by atomic mass is 10.1. The minimum Gasteiger partial charge on any atom is -0.459 e. The fourth-order valence-electron chi connectivity index (χ4n) is 2.14. The van der Waals surface area contributed by atoms with E-state index in [0.717, 1.165) is 18.4 Å². The summed E-state index contributed by atoms with van der Waals surface area (Å²) in [6, 6.07) is 5.27. The van der Waals surface area contributed by atoms with E-state index >= 15 is 0 Å². The first-order valence-corrected chi connectivity index (χ1v) is 5.74. The van der Waals surface area contributed by atoms with Gasteiger partial charge in [0.25, 0.3) is 0 Å². The third-order valence-electron chi connectivity index (χ3n) is 3.05. The van der Waals surface area contributed by atoms with E-state index in [1.54, 1.807) is 18.2 Å². The third-order valence-corrected chi connectivity index (χ3v) is 3.05. The lowest BCUT2D eigenvalue weighted by molar-refractivity contribution is 0.0317. The minimum atomic E-state index is -0.218. The van der Waals surface area contributed by atoms with Gasteiger partial charge in [-0.05, 0) is 56.4 Å². The van der Waals surface area contributed by atoms with Gasteiger partial charge < -0.3 is 10.5 Å². The zero-order valence-corrected chi connectivity index (χ0v) is 9.53. The molecule has 0 saturated heterocycles. The van der Waals surface area contributed by atoms with Gasteiger partial charge in [0.05, 0.1) is 5.56 Å². The van der Waals surface area contributed by atoms with Gasteiger partial charge in [0.15, 0.2) is 0 Å². The second-order valence-corrected chi connectivity index (χ2v) is 4.39. The van der Waals surface area contributed by atoms with E-state index in [-0.39, 0.29) is 12.1 Å². The van der Waals surface area contributed by atoms with Gasteiger partial charge in [0.2, 0.25) is 0 Å². The van der Waals surface area contributed by atoms with E-state index in [1.165, 1.54) is 12.8 Å². The molecular formula is C13H17NO2. The molecule has 16 heavy (non-hydrogen) atoms. The molecule has 2 rings (SSSR count). The van der Waals surface area contributed by atoms with Crippen LogP contribution in [0, 0.1) is 6.92 Å². The molecule has 1 aliphatic rings. The number of anilines is 1. The molecular weight excluding hydrogens is 202 g/mol. The van der Waals surface area contributed by atoms with Crippen molar-refractivity contribution in [3.8, 4) is 0 Å². The van der Waals surface area contributed by atoms with Crippen LogP contribution in [0.3, 0.4) is 0 Å². The normalized spacial score (nSPS) is 16.3. The Hall–Kier alpha value is -1.51. The summed E-state index contributed by atoms with van der Waals surface area (Å²) in [5.74, 6) is -0.218. The van der Waals surface area contributed by atoms with Crippen LogP contribution in [-0.4, -0.2) is 12.1 Å². The monoisotopic (exact) mass is 219 g/mol. The standard InChI is InChI=1S/C13H17NO2/c1-9-8-10(14)6-7-12(9)13(15)16-11-4-2-3-5-11/h6-8,11H,2-5,14H2,1H3. The van der Waals surface area contributed by atoms with Crippen molar-refractivity contribution in [1.29, 1.82) is 0 Å². The number of hydrogen-bond acceptors (Lipinski definition) is 3. The van der Waals surface area contributed by atoms with Crippen LogP contribution in [0.2, 0.25) is 0 Å². The first-order valence-electron chi connectivity index (χ1n) is 5.74. The van der Waals surface area contributed by atoms with Crippen LogP contribution in [0.5, 0.6) is 0 Å². The van der Waals surface area contributed by atoms with Crippen LogP contribution < -0.4 is 5.73 Å². The number of hydrogen-bond donors (Lipinski definition) is 1. The summed E-state index contributed by atoms with van der Waals surface area (Å²) in [5.41, 5.74) is 7.82. The van der Waals surface area contributed by atoms with Crippen molar-refractivity contribution in [2.45, 2.75) is 38.7 Å². The van der Waals surface area contributed by atoms with E-state index in [2.05, 4.69) is 0 Å². The van der Waals surface area contributed by atoms with Gasteiger partial charge >= 0.3 is 5.97 Å². The molecule has 0 spiro atoms. The zero-order chi connectivity index (χ0) is 11.5. The smallest absolute Gasteiger partial charge is 0.338 e. The summed E-state index contributed by atoms with van der Waals surface area (Å²) in [7, 11) is 0. The molecule has 0 radical (unpaired) electrons. The Morgan fingerprint density at radius 1 is 1.38 bits per heavy atom. The number of benzene rings is 1. The number of esters is 1. The molecule has 0 aromatic heterocycles. The molecule has 0 amide bonds. The summed E-state index contributed by atoms with van der Waals surface area (Å²) < 4.78 is 5.44. The summed E-state index contributed by atoms with van der Waals surface area (Å²) in [5, 5.41) is 0. The molecule has 0 atom stereocenters. The van der Waals surface area contributed by atoms with Crippen molar-refractivity contribution in [2.24, 2.45) is 0 Å². The van der Waals surface area contributed by atoms with Crippen molar-refractivity contribution in [2.75, 3.05) is 5.73 Å². The molecule has 1 aliphatic carbocycles. The number of aryl methyl sites for hydroxylation is 1. The van der Waals surface area contributed by atoms with E-state index in [0.29, 0.717) is 11.3 Å². The minimum absolute atomic E-state index is 0.115. The molecule has 1 aromatic rings. The van der Waals surface area contributed by atoms with Gasteiger partial charge in [-0.1, -0.05) is 0 Å². The van der Waals surface area contributed by atoms with E-state index in [4.69, 9.17) is 10.5 Å². The summed E-state index contributed by atoms with van der Waals surface area (Å²) in [6.07, 6.45) is 4.45. The predicted octanol–water partition coefficient (Wildman–Crippen LogP) is 2.68. The quantitative estimate of drug-likeness (QED) is 0.614. The molecule has 3 nitrogen and oxygen atoms in total. The van der Waals surface area contributed by atoms with Crippen LogP contribution in [-0.2, 0) is 4.74 Å². The lowest BCUT2D eigenvalue weighted by Gasteiger charge is -2.12. The van der Waals surface area contributed by atoms with E-state index in [9.17, 15) is 4.79 Å². The fourth-order valence-corrected chi connectivity index (χ4v) is 2.14. The Morgan fingerprint density at radius 2 is 2.06 bits per heavy atom. The molecule has 3 heteroatoms. The van der Waals surface area contributed by atoms with Gasteiger partial charge in [0, 0.05) is 5.69 Å². The average Bonchev–Trinajstić information content (AvgIpc) is 2.70. The Morgan fingerprint density at radius 3 is 2.69 bits per heavy atom. The van der Waals surface area contributed by atoms with Crippen LogP contribution in [0.4, 0.5) is 5.69 Å². The maximum absolute atomic E-state index is 11.9. The molecule has 1 fully saturated rings. The second-order valence-electron chi connectivity index (χ2n) is 4.39. The van der Waals surface area contributed by atoms with Crippen LogP contribution in [0.25, 0.3) is 0 Å². The van der Waals surface area contributed by atoms with Crippen molar-refractivity contribution >= 4 is 11.7 Å². The summed E-state index contributed by atoms with van der Waals surface area (Å²) >= 11 is 0. The maximum Gasteiger partial charge on any atom is 0.338 e. The molecule has 0 bridgehead atoms. The highest BCUT2D eigenvalue weighted by Gasteiger charge is 2.20. The summed E-state index contributed by atoms with van der Waals surface area (Å²) in [4.78, 5) is 11.9. The topological polar surface area (TPSA) is 52.3 Å². The molecule has 2 N–H and O–H groups in total. The number of ether oxygens (including phenoxy) is 1. The van der Waals surface area contributed by atoms with E-state index in [1.807, 2.05) is 6.92 Å². The van der Waals surface area contributed by atoms with Gasteiger partial charge in [-0.15, -0.1) is 0 Å². The lowest BCUT2D eigenvalue weighted by Crippen LogP contribution is -2.15. The van der Waals surface area contributed by atoms with Gasteiger partial charge in [-0.3, -0.25) is 0 Å². The number of carbonyl (C=O) groups is 1. The SMILES string of the molecule is Cc1cc(N)ccc1C(=O)OC1CCCC1. The summed E-state index contributed by atoms with van der Waals surface area (Å²) in [6.45, 7) is 1.88. The largest absolute Gasteiger partial charge is 0.459 e. The van der Waals surface area contributed by atoms with Crippen molar-refractivity contribution in [3.63, 3.8) is 0 Å². The molecule has 0 heterocycles. The van der Waals surface area contributed by atoms with Gasteiger partial charge in [-0.2, -0.15) is 0 Å². The first-order chi connectivity index (χ1) is 7.66. The first kappa shape index (κ1) is 11.0. The Balaban J connectivity index is 2.08. The Kier molecular flexibility index (Phi) is 3.13. The van der Waals surface area contributed by atoms with Gasteiger partial charge in [-0.25, -0.2) is 4.79 Å². The number of rotatable bonds is 2. The Labute approximate surface area is 95.6 Å². The zero-order valence-electron chi connectivity index (χ0n) is 9.53. The number of nitrogen functional groups attached to an aromatic ring is 1. The Bertz CT molecular complexity index is 395. The highest BCUT2D eigenvalue weighted by molar-refractivity contribution is 5.91. The second kappa shape index (κ2) is 4.56. The number of nitrogens with two attached hydrogens (primary N) is 1. The van der Waals surface area contributed by atoms with Crippen molar-refractivity contribution < 1.29 is 9.53 Å². The van der Waals surface area contributed by atoms with Crippen LogP contribution in [0.15, 0.2) is 18.2 Å². The average molecular weight is 219 g/mol. The highest BCUT2D eigenvalue weighted by Crippen LogP contribution is 2.23. The molecule has 0 unspecified atom stereocenters. The fraction of sp³-hybridized carbons (Fsp3) is 0.462. The molecule has 0 aliphatic heterocycles. The molecule has 86 valence electrons.